The molecular formula is C20H34IN5. The number of anilines is 1. The van der Waals surface area contributed by atoms with E-state index in [1.165, 1.54) is 49.9 Å². The van der Waals surface area contributed by atoms with Gasteiger partial charge < -0.3 is 15.5 Å². The van der Waals surface area contributed by atoms with Crippen molar-refractivity contribution in [3.63, 3.8) is 0 Å². The molecule has 1 aromatic rings. The maximum atomic E-state index is 4.40. The second-order valence-electron chi connectivity index (χ2n) is 7.55. The number of rotatable bonds is 5. The lowest BCUT2D eigenvalue weighted by Crippen LogP contribution is -2.45. The molecule has 1 aromatic carbocycles. The lowest BCUT2D eigenvalue weighted by Gasteiger charge is -2.24. The molecule has 0 radical (unpaired) electrons. The van der Waals surface area contributed by atoms with Crippen LogP contribution in [0.4, 0.5) is 5.69 Å². The van der Waals surface area contributed by atoms with Crippen LogP contribution in [0.5, 0.6) is 0 Å². The number of halogens is 1. The molecule has 0 spiro atoms. The average Bonchev–Trinajstić information content (AvgIpc) is 3.30. The monoisotopic (exact) mass is 471 g/mol. The van der Waals surface area contributed by atoms with E-state index < -0.39 is 0 Å². The zero-order chi connectivity index (χ0) is 17.6. The van der Waals surface area contributed by atoms with Crippen LogP contribution < -0.4 is 15.5 Å². The summed E-state index contributed by atoms with van der Waals surface area (Å²) in [6, 6.07) is 10.0. The number of hydrogen-bond acceptors (Lipinski definition) is 3. The van der Waals surface area contributed by atoms with Crippen molar-refractivity contribution in [2.24, 2.45) is 4.99 Å². The first-order valence-electron chi connectivity index (χ1n) is 9.63. The van der Waals surface area contributed by atoms with Crippen molar-refractivity contribution in [2.75, 3.05) is 39.1 Å². The van der Waals surface area contributed by atoms with Crippen molar-refractivity contribution < 1.29 is 0 Å². The highest BCUT2D eigenvalue weighted by molar-refractivity contribution is 14.0. The minimum absolute atomic E-state index is 0. The summed E-state index contributed by atoms with van der Waals surface area (Å²) in [6.07, 6.45) is 6.82. The number of hydrogen-bond donors (Lipinski definition) is 2. The Morgan fingerprint density at radius 3 is 2.46 bits per heavy atom. The Morgan fingerprint density at radius 2 is 1.85 bits per heavy atom. The van der Waals surface area contributed by atoms with Crippen LogP contribution in [0.3, 0.4) is 0 Å². The van der Waals surface area contributed by atoms with E-state index in [2.05, 4.69) is 63.8 Å². The summed E-state index contributed by atoms with van der Waals surface area (Å²) in [4.78, 5) is 9.20. The number of aliphatic imine (C=N–C) groups is 1. The molecule has 2 fully saturated rings. The molecule has 146 valence electrons. The van der Waals surface area contributed by atoms with Crippen LogP contribution in [0.2, 0.25) is 0 Å². The second-order valence-corrected chi connectivity index (χ2v) is 7.55. The van der Waals surface area contributed by atoms with Gasteiger partial charge in [0.25, 0.3) is 0 Å². The fourth-order valence-electron chi connectivity index (χ4n) is 3.99. The normalized spacial score (nSPS) is 21.5. The van der Waals surface area contributed by atoms with Gasteiger partial charge in [-0.3, -0.25) is 9.89 Å². The minimum atomic E-state index is 0. The van der Waals surface area contributed by atoms with E-state index in [4.69, 9.17) is 0 Å². The highest BCUT2D eigenvalue weighted by Gasteiger charge is 2.30. The molecular weight excluding hydrogens is 437 g/mol. The minimum Gasteiger partial charge on any atom is -0.378 e. The average molecular weight is 471 g/mol. The first kappa shape index (κ1) is 21.3. The van der Waals surface area contributed by atoms with Gasteiger partial charge in [-0.2, -0.15) is 0 Å². The number of benzene rings is 1. The summed E-state index contributed by atoms with van der Waals surface area (Å²) in [5.74, 6) is 0.912. The number of likely N-dealkylation sites (tertiary alicyclic amines) is 1. The van der Waals surface area contributed by atoms with Crippen LogP contribution in [-0.2, 0) is 6.54 Å². The highest BCUT2D eigenvalue weighted by Crippen LogP contribution is 2.26. The summed E-state index contributed by atoms with van der Waals surface area (Å²) in [6.45, 7) is 3.18. The molecule has 2 N–H and O–H groups in total. The molecule has 3 rings (SSSR count). The van der Waals surface area contributed by atoms with Gasteiger partial charge in [-0.1, -0.05) is 25.0 Å². The van der Waals surface area contributed by atoms with Crippen molar-refractivity contribution in [3.8, 4) is 0 Å². The Hall–Kier alpha value is -1.02. The molecule has 2 aliphatic rings. The summed E-state index contributed by atoms with van der Waals surface area (Å²) < 4.78 is 0. The third-order valence-electron chi connectivity index (χ3n) is 5.54. The zero-order valence-electron chi connectivity index (χ0n) is 16.4. The molecule has 1 saturated heterocycles. The van der Waals surface area contributed by atoms with Gasteiger partial charge in [-0.15, -0.1) is 24.0 Å². The third-order valence-corrected chi connectivity index (χ3v) is 5.54. The fourth-order valence-corrected chi connectivity index (χ4v) is 3.99. The van der Waals surface area contributed by atoms with Gasteiger partial charge in [0.2, 0.25) is 0 Å². The standard InChI is InChI=1S/C20H33N5.HI/c1-21-20(22-14-16-8-10-18(11-9-16)24(2)3)23-17-12-13-25(15-17)19-6-4-5-7-19;/h8-11,17,19H,4-7,12-15H2,1-3H3,(H2,21,22,23);1H. The second kappa shape index (κ2) is 10.3. The maximum Gasteiger partial charge on any atom is 0.191 e. The number of guanidine groups is 1. The smallest absolute Gasteiger partial charge is 0.191 e. The SMILES string of the molecule is CN=C(NCc1ccc(N(C)C)cc1)NC1CCN(C2CCCC2)C1.I. The van der Waals surface area contributed by atoms with E-state index in [1.807, 2.05) is 7.05 Å². The van der Waals surface area contributed by atoms with E-state index in [0.717, 1.165) is 25.1 Å². The van der Waals surface area contributed by atoms with Crippen LogP contribution in [0.15, 0.2) is 29.3 Å². The largest absolute Gasteiger partial charge is 0.378 e. The van der Waals surface area contributed by atoms with Crippen LogP contribution >= 0.6 is 24.0 Å². The third kappa shape index (κ3) is 5.74. The summed E-state index contributed by atoms with van der Waals surface area (Å²) in [5, 5.41) is 7.06. The van der Waals surface area contributed by atoms with E-state index in [9.17, 15) is 0 Å². The van der Waals surface area contributed by atoms with E-state index >= 15 is 0 Å². The Kier molecular flexibility index (Phi) is 8.47. The van der Waals surface area contributed by atoms with Gasteiger partial charge in [-0.05, 0) is 37.0 Å². The molecule has 26 heavy (non-hydrogen) atoms. The Bertz CT molecular complexity index is 566. The van der Waals surface area contributed by atoms with Crippen LogP contribution in [0.1, 0.15) is 37.7 Å². The quantitative estimate of drug-likeness (QED) is 0.394. The van der Waals surface area contributed by atoms with Crippen molar-refractivity contribution in [2.45, 2.75) is 50.7 Å². The molecule has 0 aromatic heterocycles. The van der Waals surface area contributed by atoms with Gasteiger partial charge in [0.05, 0.1) is 0 Å². The topological polar surface area (TPSA) is 42.9 Å². The summed E-state index contributed by atoms with van der Waals surface area (Å²) in [5.41, 5.74) is 2.50. The van der Waals surface area contributed by atoms with E-state index in [1.54, 1.807) is 0 Å². The molecule has 1 aliphatic heterocycles. The molecule has 1 saturated carbocycles. The molecule has 1 aliphatic carbocycles. The highest BCUT2D eigenvalue weighted by atomic mass is 127. The molecule has 0 amide bonds. The van der Waals surface area contributed by atoms with Gasteiger partial charge in [0.1, 0.15) is 0 Å². The predicted molar refractivity (Wildman–Crippen MR) is 122 cm³/mol. The lowest BCUT2D eigenvalue weighted by molar-refractivity contribution is 0.242. The van der Waals surface area contributed by atoms with Gasteiger partial charge in [-0.25, -0.2) is 0 Å². The van der Waals surface area contributed by atoms with E-state index in [0.29, 0.717) is 6.04 Å². The van der Waals surface area contributed by atoms with Gasteiger partial charge in [0.15, 0.2) is 5.96 Å². The van der Waals surface area contributed by atoms with Crippen molar-refractivity contribution in [3.05, 3.63) is 29.8 Å². The van der Waals surface area contributed by atoms with Crippen molar-refractivity contribution in [1.82, 2.24) is 15.5 Å². The Balaban J connectivity index is 0.00000243. The van der Waals surface area contributed by atoms with Crippen molar-refractivity contribution >= 4 is 35.6 Å². The molecule has 1 heterocycles. The van der Waals surface area contributed by atoms with Crippen LogP contribution in [0.25, 0.3) is 0 Å². The molecule has 6 heteroatoms. The summed E-state index contributed by atoms with van der Waals surface area (Å²) >= 11 is 0. The number of nitrogens with zero attached hydrogens (tertiary/aromatic N) is 3. The lowest BCUT2D eigenvalue weighted by atomic mass is 10.2. The number of nitrogens with one attached hydrogen (secondary N) is 2. The zero-order valence-corrected chi connectivity index (χ0v) is 18.7. The molecule has 1 atom stereocenters. The first-order valence-corrected chi connectivity index (χ1v) is 9.63. The van der Waals surface area contributed by atoms with Gasteiger partial charge >= 0.3 is 0 Å². The first-order chi connectivity index (χ1) is 12.2. The fraction of sp³-hybridized carbons (Fsp3) is 0.650. The summed E-state index contributed by atoms with van der Waals surface area (Å²) in [7, 11) is 5.99. The van der Waals surface area contributed by atoms with Gasteiger partial charge in [0, 0.05) is 58.5 Å². The predicted octanol–water partition coefficient (Wildman–Crippen LogP) is 3.05. The van der Waals surface area contributed by atoms with Crippen molar-refractivity contribution in [1.29, 1.82) is 0 Å². The molecule has 0 bridgehead atoms. The van der Waals surface area contributed by atoms with Crippen LogP contribution in [-0.4, -0.2) is 57.2 Å². The van der Waals surface area contributed by atoms with Crippen LogP contribution in [0, 0.1) is 0 Å². The van der Waals surface area contributed by atoms with E-state index in [-0.39, 0.29) is 24.0 Å². The maximum absolute atomic E-state index is 4.40. The molecule has 1 unspecified atom stereocenters. The Morgan fingerprint density at radius 1 is 1.15 bits per heavy atom. The molecule has 5 nitrogen and oxygen atoms in total. The Labute approximate surface area is 175 Å².